The Labute approximate surface area is 180 Å². The Kier molecular flexibility index (Phi) is 2.86. The predicted molar refractivity (Wildman–Crippen MR) is 129 cm³/mol. The van der Waals surface area contributed by atoms with Crippen LogP contribution < -0.4 is 0 Å². The average molecular weight is 406 g/mol. The van der Waals surface area contributed by atoms with Crippen LogP contribution in [0.4, 0.5) is 0 Å². The standard InChI is InChI=1S/C28H23NS/c1-27(2)19-11-7-5-9-15(19)25-23(27)18-13-17-20(14-21(18)29-25)28(3,4)24-16-10-6-8-12-22(16)30-26(17)24/h5-14,29H,1-4H3. The normalized spacial score (nSPS) is 17.2. The lowest BCUT2D eigenvalue weighted by molar-refractivity contribution is 0.665. The first kappa shape index (κ1) is 16.9. The van der Waals surface area contributed by atoms with E-state index in [0.717, 1.165) is 0 Å². The number of rotatable bonds is 0. The van der Waals surface area contributed by atoms with Crippen LogP contribution in [0.1, 0.15) is 49.9 Å². The van der Waals surface area contributed by atoms with Gasteiger partial charge < -0.3 is 4.98 Å². The minimum Gasteiger partial charge on any atom is -0.354 e. The number of hydrogen-bond donors (Lipinski definition) is 1. The summed E-state index contributed by atoms with van der Waals surface area (Å²) in [4.78, 5) is 5.27. The van der Waals surface area contributed by atoms with Gasteiger partial charge in [-0.15, -0.1) is 11.3 Å². The summed E-state index contributed by atoms with van der Waals surface area (Å²) >= 11 is 1.95. The largest absolute Gasteiger partial charge is 0.354 e. The van der Waals surface area contributed by atoms with Crippen molar-refractivity contribution in [3.63, 3.8) is 0 Å². The number of thiophene rings is 1. The molecule has 0 fully saturated rings. The quantitative estimate of drug-likeness (QED) is 0.269. The van der Waals surface area contributed by atoms with Crippen molar-refractivity contribution in [1.29, 1.82) is 0 Å². The van der Waals surface area contributed by atoms with Crippen molar-refractivity contribution < 1.29 is 0 Å². The molecule has 0 spiro atoms. The molecule has 0 aliphatic heterocycles. The Morgan fingerprint density at radius 2 is 1.43 bits per heavy atom. The van der Waals surface area contributed by atoms with Crippen molar-refractivity contribution in [3.8, 4) is 21.7 Å². The lowest BCUT2D eigenvalue weighted by Crippen LogP contribution is -2.15. The summed E-state index contributed by atoms with van der Waals surface area (Å²) in [5.74, 6) is 0. The van der Waals surface area contributed by atoms with Gasteiger partial charge in [0, 0.05) is 36.9 Å². The Hall–Kier alpha value is -2.84. The second kappa shape index (κ2) is 5.07. The first-order valence-electron chi connectivity index (χ1n) is 10.7. The molecule has 0 unspecified atom stereocenters. The molecular weight excluding hydrogens is 382 g/mol. The van der Waals surface area contributed by atoms with Crippen LogP contribution in [0.5, 0.6) is 0 Å². The van der Waals surface area contributed by atoms with E-state index in [1.165, 1.54) is 64.9 Å². The highest BCUT2D eigenvalue weighted by molar-refractivity contribution is 7.22. The summed E-state index contributed by atoms with van der Waals surface area (Å²) in [5, 5.41) is 2.80. The van der Waals surface area contributed by atoms with Crippen molar-refractivity contribution in [2.45, 2.75) is 38.5 Å². The number of nitrogens with one attached hydrogen (secondary N) is 1. The highest BCUT2D eigenvalue weighted by Gasteiger charge is 2.42. The molecule has 2 heteroatoms. The molecule has 5 aromatic rings. The topological polar surface area (TPSA) is 15.8 Å². The van der Waals surface area contributed by atoms with Gasteiger partial charge in [-0.2, -0.15) is 0 Å². The fourth-order valence-electron chi connectivity index (χ4n) is 6.17. The van der Waals surface area contributed by atoms with Gasteiger partial charge in [0.15, 0.2) is 0 Å². The second-order valence-electron chi connectivity index (χ2n) is 9.92. The molecule has 0 bridgehead atoms. The molecular formula is C28H23NS. The summed E-state index contributed by atoms with van der Waals surface area (Å²) in [6.45, 7) is 9.51. The van der Waals surface area contributed by atoms with E-state index < -0.39 is 0 Å². The number of aromatic nitrogens is 1. The Morgan fingerprint density at radius 3 is 2.30 bits per heavy atom. The van der Waals surface area contributed by atoms with Crippen LogP contribution in [0.15, 0.2) is 60.7 Å². The molecule has 0 saturated carbocycles. The van der Waals surface area contributed by atoms with E-state index in [1.807, 2.05) is 11.3 Å². The fourth-order valence-corrected chi connectivity index (χ4v) is 7.56. The van der Waals surface area contributed by atoms with Gasteiger partial charge in [-0.25, -0.2) is 0 Å². The summed E-state index contributed by atoms with van der Waals surface area (Å²) in [7, 11) is 0. The van der Waals surface area contributed by atoms with Gasteiger partial charge in [-0.1, -0.05) is 70.2 Å². The summed E-state index contributed by atoms with van der Waals surface area (Å²) in [6.07, 6.45) is 0. The summed E-state index contributed by atoms with van der Waals surface area (Å²) < 4.78 is 1.40. The molecule has 0 saturated heterocycles. The summed E-state index contributed by atoms with van der Waals surface area (Å²) in [5.41, 5.74) is 11.2. The van der Waals surface area contributed by atoms with Crippen LogP contribution in [-0.2, 0) is 10.8 Å². The third-order valence-electron chi connectivity index (χ3n) is 7.57. The van der Waals surface area contributed by atoms with E-state index in [-0.39, 0.29) is 10.8 Å². The minimum atomic E-state index is 0.00945. The maximum Gasteiger partial charge on any atom is 0.0509 e. The first-order valence-corrected chi connectivity index (χ1v) is 11.5. The van der Waals surface area contributed by atoms with E-state index in [1.54, 1.807) is 0 Å². The van der Waals surface area contributed by atoms with Gasteiger partial charge in [-0.05, 0) is 51.4 Å². The van der Waals surface area contributed by atoms with Crippen molar-refractivity contribution in [2.24, 2.45) is 0 Å². The van der Waals surface area contributed by atoms with E-state index >= 15 is 0 Å². The zero-order chi connectivity index (χ0) is 20.4. The van der Waals surface area contributed by atoms with E-state index in [0.29, 0.717) is 0 Å². The predicted octanol–water partition coefficient (Wildman–Crippen LogP) is 8.00. The molecule has 0 amide bonds. The highest BCUT2D eigenvalue weighted by atomic mass is 32.1. The van der Waals surface area contributed by atoms with Crippen LogP contribution >= 0.6 is 11.3 Å². The molecule has 146 valence electrons. The van der Waals surface area contributed by atoms with Gasteiger partial charge in [0.25, 0.3) is 0 Å². The monoisotopic (exact) mass is 405 g/mol. The SMILES string of the molecule is CC1(C)c2ccccc2-c2[nH]c3cc4c(cc3c21)-c1sc2ccccc2c1C4(C)C. The molecule has 2 aliphatic carbocycles. The lowest BCUT2D eigenvalue weighted by atomic mass is 9.79. The van der Waals surface area contributed by atoms with Gasteiger partial charge in [0.1, 0.15) is 0 Å². The molecule has 30 heavy (non-hydrogen) atoms. The van der Waals surface area contributed by atoms with E-state index in [2.05, 4.69) is 93.3 Å². The first-order chi connectivity index (χ1) is 14.4. The van der Waals surface area contributed by atoms with Gasteiger partial charge >= 0.3 is 0 Å². The van der Waals surface area contributed by atoms with Crippen molar-refractivity contribution in [2.75, 3.05) is 0 Å². The van der Waals surface area contributed by atoms with E-state index in [4.69, 9.17) is 0 Å². The van der Waals surface area contributed by atoms with Crippen molar-refractivity contribution in [1.82, 2.24) is 4.98 Å². The summed E-state index contributed by atoms with van der Waals surface area (Å²) in [6, 6.07) is 22.7. The maximum absolute atomic E-state index is 3.81. The number of aromatic amines is 1. The smallest absolute Gasteiger partial charge is 0.0509 e. The fraction of sp³-hybridized carbons (Fsp3) is 0.214. The molecule has 2 aliphatic rings. The molecule has 2 aromatic heterocycles. The van der Waals surface area contributed by atoms with Crippen LogP contribution in [0.25, 0.3) is 42.7 Å². The lowest BCUT2D eigenvalue weighted by Gasteiger charge is -2.23. The number of H-pyrrole nitrogens is 1. The zero-order valence-corrected chi connectivity index (χ0v) is 18.5. The number of benzene rings is 3. The molecule has 3 aromatic carbocycles. The van der Waals surface area contributed by atoms with E-state index in [9.17, 15) is 0 Å². The number of hydrogen-bond acceptors (Lipinski definition) is 1. The van der Waals surface area contributed by atoms with Crippen molar-refractivity contribution in [3.05, 3.63) is 82.9 Å². The molecule has 0 radical (unpaired) electrons. The van der Waals surface area contributed by atoms with Crippen molar-refractivity contribution >= 4 is 32.3 Å². The third-order valence-corrected chi connectivity index (χ3v) is 8.77. The Morgan fingerprint density at radius 1 is 0.700 bits per heavy atom. The average Bonchev–Trinajstić information content (AvgIpc) is 3.41. The molecule has 7 rings (SSSR count). The molecule has 1 N–H and O–H groups in total. The highest BCUT2D eigenvalue weighted by Crippen LogP contribution is 2.58. The van der Waals surface area contributed by atoms with Gasteiger partial charge in [0.05, 0.1) is 5.69 Å². The van der Waals surface area contributed by atoms with Crippen LogP contribution in [-0.4, -0.2) is 4.98 Å². The van der Waals surface area contributed by atoms with Crippen LogP contribution in [0, 0.1) is 0 Å². The van der Waals surface area contributed by atoms with Gasteiger partial charge in [-0.3, -0.25) is 0 Å². The molecule has 1 nitrogen and oxygen atoms in total. The van der Waals surface area contributed by atoms with Crippen LogP contribution in [0.2, 0.25) is 0 Å². The maximum atomic E-state index is 3.81. The van der Waals surface area contributed by atoms with Gasteiger partial charge in [0.2, 0.25) is 0 Å². The zero-order valence-electron chi connectivity index (χ0n) is 17.7. The minimum absolute atomic E-state index is 0.00945. The Bertz CT molecular complexity index is 1540. The third kappa shape index (κ3) is 1.77. The molecule has 0 atom stereocenters. The number of fused-ring (bicyclic) bond motifs is 10. The molecule has 2 heterocycles. The van der Waals surface area contributed by atoms with Crippen LogP contribution in [0.3, 0.4) is 0 Å². The Balaban J connectivity index is 1.59. The second-order valence-corrected chi connectivity index (χ2v) is 11.0.